The number of benzene rings is 1. The Morgan fingerprint density at radius 1 is 1.58 bits per heavy atom. The van der Waals surface area contributed by atoms with Gasteiger partial charge < -0.3 is 15.5 Å². The van der Waals surface area contributed by atoms with Crippen molar-refractivity contribution in [2.75, 3.05) is 32.0 Å². The summed E-state index contributed by atoms with van der Waals surface area (Å²) in [6.45, 7) is 1.84. The molecule has 0 spiro atoms. The minimum atomic E-state index is -0.128. The van der Waals surface area contributed by atoms with Crippen molar-refractivity contribution < 1.29 is 4.79 Å². The van der Waals surface area contributed by atoms with Gasteiger partial charge in [0.15, 0.2) is 5.96 Å². The van der Waals surface area contributed by atoms with Crippen LogP contribution >= 0.6 is 0 Å². The number of aliphatic imine (C=N–C) groups is 1. The van der Waals surface area contributed by atoms with Gasteiger partial charge in [0.05, 0.1) is 13.1 Å². The van der Waals surface area contributed by atoms with Crippen molar-refractivity contribution in [2.45, 2.75) is 0 Å². The number of terminal acetylenes is 1. The van der Waals surface area contributed by atoms with E-state index in [0.29, 0.717) is 5.69 Å². The van der Waals surface area contributed by atoms with Crippen LogP contribution in [0.15, 0.2) is 29.3 Å². The summed E-state index contributed by atoms with van der Waals surface area (Å²) in [5.41, 5.74) is 1.44. The number of likely N-dealkylation sites (N-methyl/N-ethyl adjacent to an activating group) is 1. The van der Waals surface area contributed by atoms with E-state index < -0.39 is 0 Å². The van der Waals surface area contributed by atoms with E-state index in [4.69, 9.17) is 6.42 Å². The van der Waals surface area contributed by atoms with E-state index in [-0.39, 0.29) is 12.5 Å². The Balaban J connectivity index is 1.86. The molecule has 19 heavy (non-hydrogen) atoms. The Kier molecular flexibility index (Phi) is 4.04. The monoisotopic (exact) mass is 256 g/mol. The van der Waals surface area contributed by atoms with Crippen LogP contribution in [0, 0.1) is 12.3 Å². The van der Waals surface area contributed by atoms with Crippen molar-refractivity contribution in [1.82, 2.24) is 10.2 Å². The first-order chi connectivity index (χ1) is 9.19. The highest BCUT2D eigenvalue weighted by atomic mass is 16.1. The highest BCUT2D eigenvalue weighted by molar-refractivity contribution is 5.95. The van der Waals surface area contributed by atoms with E-state index in [9.17, 15) is 4.79 Å². The van der Waals surface area contributed by atoms with E-state index in [2.05, 4.69) is 21.5 Å². The van der Waals surface area contributed by atoms with Crippen LogP contribution in [0.1, 0.15) is 5.56 Å². The van der Waals surface area contributed by atoms with Crippen molar-refractivity contribution >= 4 is 17.6 Å². The van der Waals surface area contributed by atoms with Gasteiger partial charge in [0.2, 0.25) is 5.91 Å². The molecule has 0 unspecified atom stereocenters. The summed E-state index contributed by atoms with van der Waals surface area (Å²) in [6, 6.07) is 7.19. The summed E-state index contributed by atoms with van der Waals surface area (Å²) in [7, 11) is 1.94. The third kappa shape index (κ3) is 3.49. The van der Waals surface area contributed by atoms with Crippen molar-refractivity contribution in [3.63, 3.8) is 0 Å². The van der Waals surface area contributed by atoms with Crippen LogP contribution in [0.25, 0.3) is 0 Å². The van der Waals surface area contributed by atoms with E-state index in [1.165, 1.54) is 0 Å². The van der Waals surface area contributed by atoms with Gasteiger partial charge in [-0.3, -0.25) is 9.79 Å². The van der Waals surface area contributed by atoms with Gasteiger partial charge in [-0.05, 0) is 18.2 Å². The fourth-order valence-electron chi connectivity index (χ4n) is 1.77. The minimum Gasteiger partial charge on any atom is -0.347 e. The number of carbonyl (C=O) groups excluding carboxylic acids is 1. The standard InChI is InChI=1S/C14H16N4O/c1-3-11-5-4-6-12(9-11)17-13(19)10-16-14-15-7-8-18(14)2/h1,4-6,9H,7-8,10H2,2H3,(H,15,16)(H,17,19). The molecule has 1 aliphatic rings. The smallest absolute Gasteiger partial charge is 0.243 e. The van der Waals surface area contributed by atoms with E-state index in [1.807, 2.05) is 24.1 Å². The Hall–Kier alpha value is -2.48. The summed E-state index contributed by atoms with van der Waals surface area (Å²) < 4.78 is 0. The second kappa shape index (κ2) is 5.91. The second-order valence-electron chi connectivity index (χ2n) is 4.25. The minimum absolute atomic E-state index is 0.128. The molecule has 1 amide bonds. The number of carbonyl (C=O) groups is 1. The zero-order chi connectivity index (χ0) is 13.7. The molecule has 2 N–H and O–H groups in total. The summed E-state index contributed by atoms with van der Waals surface area (Å²) >= 11 is 0. The van der Waals surface area contributed by atoms with E-state index in [1.54, 1.807) is 12.1 Å². The lowest BCUT2D eigenvalue weighted by molar-refractivity contribution is -0.115. The van der Waals surface area contributed by atoms with Crippen LogP contribution in [0.3, 0.4) is 0 Å². The zero-order valence-electron chi connectivity index (χ0n) is 10.8. The average Bonchev–Trinajstić information content (AvgIpc) is 2.82. The van der Waals surface area contributed by atoms with Gasteiger partial charge in [-0.25, -0.2) is 0 Å². The van der Waals surface area contributed by atoms with Gasteiger partial charge in [0.1, 0.15) is 0 Å². The first-order valence-corrected chi connectivity index (χ1v) is 6.05. The molecule has 0 aliphatic carbocycles. The summed E-state index contributed by atoms with van der Waals surface area (Å²) in [6.07, 6.45) is 5.31. The number of rotatable bonds is 3. The summed E-state index contributed by atoms with van der Waals surface area (Å²) in [4.78, 5) is 18.0. The van der Waals surface area contributed by atoms with Crippen molar-refractivity contribution in [2.24, 2.45) is 4.99 Å². The van der Waals surface area contributed by atoms with Gasteiger partial charge >= 0.3 is 0 Å². The number of hydrogen-bond donors (Lipinski definition) is 2. The van der Waals surface area contributed by atoms with Gasteiger partial charge in [0.25, 0.3) is 0 Å². The average molecular weight is 256 g/mol. The lowest BCUT2D eigenvalue weighted by Gasteiger charge is -2.15. The lowest BCUT2D eigenvalue weighted by atomic mass is 10.2. The van der Waals surface area contributed by atoms with Crippen molar-refractivity contribution in [1.29, 1.82) is 0 Å². The van der Waals surface area contributed by atoms with Crippen LogP contribution in [0.4, 0.5) is 5.69 Å². The molecule has 98 valence electrons. The highest BCUT2D eigenvalue weighted by Gasteiger charge is 2.12. The first-order valence-electron chi connectivity index (χ1n) is 6.05. The summed E-state index contributed by atoms with van der Waals surface area (Å²) in [5, 5.41) is 5.79. The van der Waals surface area contributed by atoms with Gasteiger partial charge in [0, 0.05) is 24.8 Å². The molecule has 0 fully saturated rings. The predicted molar refractivity (Wildman–Crippen MR) is 75.9 cm³/mol. The van der Waals surface area contributed by atoms with Crippen LogP contribution in [-0.4, -0.2) is 43.4 Å². The third-order valence-electron chi connectivity index (χ3n) is 2.78. The molecule has 0 bridgehead atoms. The molecule has 0 aromatic heterocycles. The molecule has 0 radical (unpaired) electrons. The maximum absolute atomic E-state index is 11.8. The maximum Gasteiger partial charge on any atom is 0.243 e. The topological polar surface area (TPSA) is 56.7 Å². The number of hydrogen-bond acceptors (Lipinski definition) is 4. The fraction of sp³-hybridized carbons (Fsp3) is 0.286. The third-order valence-corrected chi connectivity index (χ3v) is 2.78. The van der Waals surface area contributed by atoms with Crippen LogP contribution < -0.4 is 10.6 Å². The van der Waals surface area contributed by atoms with Gasteiger partial charge in [-0.15, -0.1) is 6.42 Å². The molecule has 1 aromatic carbocycles. The van der Waals surface area contributed by atoms with Crippen molar-refractivity contribution in [3.8, 4) is 12.3 Å². The molecule has 0 saturated carbocycles. The molecule has 1 heterocycles. The first kappa shape index (κ1) is 13.0. The zero-order valence-corrected chi connectivity index (χ0v) is 10.8. The maximum atomic E-state index is 11.8. The number of anilines is 1. The number of nitrogens with one attached hydrogen (secondary N) is 2. The molecule has 1 aromatic rings. The molecule has 1 aliphatic heterocycles. The largest absolute Gasteiger partial charge is 0.347 e. The number of amides is 1. The Bertz CT molecular complexity index is 545. The van der Waals surface area contributed by atoms with Gasteiger partial charge in [-0.1, -0.05) is 12.0 Å². The molecule has 0 saturated heterocycles. The van der Waals surface area contributed by atoms with Crippen LogP contribution in [-0.2, 0) is 4.79 Å². The predicted octanol–water partition coefficient (Wildman–Crippen LogP) is 0.497. The van der Waals surface area contributed by atoms with Crippen LogP contribution in [0.5, 0.6) is 0 Å². The molecule has 0 atom stereocenters. The second-order valence-corrected chi connectivity index (χ2v) is 4.25. The number of nitrogens with zero attached hydrogens (tertiary/aromatic N) is 2. The molecule has 5 heteroatoms. The highest BCUT2D eigenvalue weighted by Crippen LogP contribution is 2.09. The molecule has 5 nitrogen and oxygen atoms in total. The lowest BCUT2D eigenvalue weighted by Crippen LogP contribution is -2.39. The van der Waals surface area contributed by atoms with Crippen LogP contribution in [0.2, 0.25) is 0 Å². The normalized spacial score (nSPS) is 13.7. The quantitative estimate of drug-likeness (QED) is 0.774. The molecular formula is C14H16N4O. The molecular weight excluding hydrogens is 240 g/mol. The SMILES string of the molecule is C#Cc1cccc(NC(=O)CNC2=NCCN2C)c1. The summed E-state index contributed by atoms with van der Waals surface area (Å²) in [5.74, 6) is 3.16. The Labute approximate surface area is 112 Å². The van der Waals surface area contributed by atoms with Gasteiger partial charge in [-0.2, -0.15) is 0 Å². The Morgan fingerprint density at radius 3 is 3.11 bits per heavy atom. The molecule has 2 rings (SSSR count). The van der Waals surface area contributed by atoms with E-state index in [0.717, 1.165) is 24.6 Å². The fourth-order valence-corrected chi connectivity index (χ4v) is 1.77. The Morgan fingerprint density at radius 2 is 2.42 bits per heavy atom. The number of guanidine groups is 1. The van der Waals surface area contributed by atoms with E-state index >= 15 is 0 Å². The van der Waals surface area contributed by atoms with Crippen molar-refractivity contribution in [3.05, 3.63) is 29.8 Å².